The first-order chi connectivity index (χ1) is 12.6. The van der Waals surface area contributed by atoms with Crippen molar-refractivity contribution in [3.63, 3.8) is 0 Å². The van der Waals surface area contributed by atoms with Gasteiger partial charge >= 0.3 is 0 Å². The Hall–Kier alpha value is -1.99. The molecule has 0 saturated carbocycles. The van der Waals surface area contributed by atoms with E-state index >= 15 is 0 Å². The zero-order valence-electron chi connectivity index (χ0n) is 14.4. The van der Waals surface area contributed by atoms with E-state index < -0.39 is 5.82 Å². The first-order valence-electron chi connectivity index (χ1n) is 8.84. The molecule has 140 valence electrons. The highest BCUT2D eigenvalue weighted by Crippen LogP contribution is 2.23. The summed E-state index contributed by atoms with van der Waals surface area (Å²) in [5.41, 5.74) is 0.995. The smallest absolute Gasteiger partial charge is 0.276 e. The van der Waals surface area contributed by atoms with E-state index in [-0.39, 0.29) is 18.6 Å². The summed E-state index contributed by atoms with van der Waals surface area (Å²) in [6.07, 6.45) is 6.09. The van der Waals surface area contributed by atoms with E-state index in [9.17, 15) is 9.18 Å². The van der Waals surface area contributed by atoms with Crippen molar-refractivity contribution in [2.24, 2.45) is 0 Å². The van der Waals surface area contributed by atoms with Crippen LogP contribution in [0.5, 0.6) is 0 Å². The van der Waals surface area contributed by atoms with Gasteiger partial charge in [-0.2, -0.15) is 0 Å². The average Bonchev–Trinajstić information content (AvgIpc) is 3.10. The van der Waals surface area contributed by atoms with Crippen LogP contribution in [-0.4, -0.2) is 50.1 Å². The number of halogens is 2. The summed E-state index contributed by atoms with van der Waals surface area (Å²) in [6.45, 7) is 1.14. The van der Waals surface area contributed by atoms with Crippen molar-refractivity contribution in [3.8, 4) is 0 Å². The molecule has 1 saturated heterocycles. The van der Waals surface area contributed by atoms with E-state index in [1.807, 2.05) is 4.90 Å². The van der Waals surface area contributed by atoms with Crippen molar-refractivity contribution in [1.29, 1.82) is 0 Å². The topological polar surface area (TPSA) is 71.2 Å². The number of aromatic nitrogens is 3. The molecule has 1 aromatic carbocycles. The monoisotopic (exact) mass is 380 g/mol. The molecule has 8 heteroatoms. The Bertz CT molecular complexity index is 767. The third kappa shape index (κ3) is 4.40. The average molecular weight is 381 g/mol. The molecular formula is C18H22ClFN4O2. The lowest BCUT2D eigenvalue weighted by atomic mass is 9.97. The van der Waals surface area contributed by atoms with Gasteiger partial charge < -0.3 is 10.0 Å². The molecule has 1 fully saturated rings. The minimum atomic E-state index is -0.396. The molecule has 26 heavy (non-hydrogen) atoms. The molecule has 3 rings (SSSR count). The first kappa shape index (κ1) is 18.8. The second kappa shape index (κ2) is 8.60. The number of amides is 1. The van der Waals surface area contributed by atoms with Gasteiger partial charge in [-0.25, -0.2) is 9.07 Å². The second-order valence-electron chi connectivity index (χ2n) is 6.55. The quantitative estimate of drug-likeness (QED) is 0.836. The van der Waals surface area contributed by atoms with Gasteiger partial charge in [0.15, 0.2) is 5.69 Å². The normalized spacial score (nSPS) is 17.5. The lowest BCUT2D eigenvalue weighted by molar-refractivity contribution is 0.0584. The Kier molecular flexibility index (Phi) is 6.21. The van der Waals surface area contributed by atoms with E-state index in [1.165, 1.54) is 16.8 Å². The van der Waals surface area contributed by atoms with Gasteiger partial charge in [0.25, 0.3) is 5.91 Å². The maximum absolute atomic E-state index is 13.1. The molecule has 0 radical (unpaired) electrons. The lowest BCUT2D eigenvalue weighted by Gasteiger charge is -2.35. The highest BCUT2D eigenvalue weighted by Gasteiger charge is 2.28. The molecule has 0 aliphatic carbocycles. The summed E-state index contributed by atoms with van der Waals surface area (Å²) in [5.74, 6) is -0.531. The van der Waals surface area contributed by atoms with Crippen LogP contribution in [0, 0.1) is 5.82 Å². The summed E-state index contributed by atoms with van der Waals surface area (Å²) < 4.78 is 14.7. The van der Waals surface area contributed by atoms with Crippen LogP contribution >= 0.6 is 11.6 Å². The fraction of sp³-hybridized carbons (Fsp3) is 0.500. The van der Waals surface area contributed by atoms with E-state index in [1.54, 1.807) is 12.3 Å². The number of likely N-dealkylation sites (tertiary alicyclic amines) is 1. The van der Waals surface area contributed by atoms with Crippen LogP contribution in [-0.2, 0) is 6.54 Å². The predicted octanol–water partition coefficient (Wildman–Crippen LogP) is 2.89. The summed E-state index contributed by atoms with van der Waals surface area (Å²) in [5, 5.41) is 17.4. The minimum Gasteiger partial charge on any atom is -0.396 e. The Balaban J connectivity index is 1.70. The molecule has 0 spiro atoms. The number of hydrogen-bond donors (Lipinski definition) is 1. The van der Waals surface area contributed by atoms with Crippen molar-refractivity contribution in [2.45, 2.75) is 44.7 Å². The summed E-state index contributed by atoms with van der Waals surface area (Å²) in [6, 6.07) is 4.32. The van der Waals surface area contributed by atoms with Gasteiger partial charge in [0.05, 0.1) is 12.7 Å². The number of aliphatic hydroxyl groups excluding tert-OH is 1. The fourth-order valence-electron chi connectivity index (χ4n) is 3.34. The number of nitrogens with zero attached hydrogens (tertiary/aromatic N) is 4. The van der Waals surface area contributed by atoms with Gasteiger partial charge in [0, 0.05) is 24.2 Å². The zero-order valence-corrected chi connectivity index (χ0v) is 15.2. The molecule has 1 amide bonds. The molecular weight excluding hydrogens is 359 g/mol. The van der Waals surface area contributed by atoms with E-state index in [2.05, 4.69) is 10.3 Å². The van der Waals surface area contributed by atoms with E-state index in [4.69, 9.17) is 16.7 Å². The molecule has 2 aromatic rings. The van der Waals surface area contributed by atoms with Crippen molar-refractivity contribution < 1.29 is 14.3 Å². The van der Waals surface area contributed by atoms with Crippen LogP contribution in [0.25, 0.3) is 0 Å². The van der Waals surface area contributed by atoms with Gasteiger partial charge in [0.1, 0.15) is 5.82 Å². The molecule has 6 nitrogen and oxygen atoms in total. The van der Waals surface area contributed by atoms with Gasteiger partial charge in [-0.3, -0.25) is 4.79 Å². The van der Waals surface area contributed by atoms with Crippen LogP contribution in [0.2, 0.25) is 5.02 Å². The summed E-state index contributed by atoms with van der Waals surface area (Å²) >= 11 is 6.04. The van der Waals surface area contributed by atoms with Crippen LogP contribution < -0.4 is 0 Å². The molecule has 1 N–H and O–H groups in total. The fourth-order valence-corrected chi connectivity index (χ4v) is 3.57. The van der Waals surface area contributed by atoms with Crippen LogP contribution in [0.3, 0.4) is 0 Å². The molecule has 0 bridgehead atoms. The third-order valence-electron chi connectivity index (χ3n) is 4.69. The van der Waals surface area contributed by atoms with Crippen LogP contribution in [0.4, 0.5) is 4.39 Å². The maximum Gasteiger partial charge on any atom is 0.276 e. The van der Waals surface area contributed by atoms with Gasteiger partial charge in [-0.1, -0.05) is 22.9 Å². The summed E-state index contributed by atoms with van der Waals surface area (Å²) in [7, 11) is 0. The van der Waals surface area contributed by atoms with Crippen LogP contribution in [0.1, 0.15) is 48.2 Å². The van der Waals surface area contributed by atoms with Crippen molar-refractivity contribution >= 4 is 17.5 Å². The van der Waals surface area contributed by atoms with Gasteiger partial charge in [-0.15, -0.1) is 5.10 Å². The maximum atomic E-state index is 13.1. The Morgan fingerprint density at radius 1 is 1.38 bits per heavy atom. The van der Waals surface area contributed by atoms with Crippen molar-refractivity contribution in [1.82, 2.24) is 19.9 Å². The summed E-state index contributed by atoms with van der Waals surface area (Å²) in [4.78, 5) is 14.7. The molecule has 1 aliphatic heterocycles. The highest BCUT2D eigenvalue weighted by atomic mass is 35.5. The molecule has 1 aromatic heterocycles. The second-order valence-corrected chi connectivity index (χ2v) is 6.96. The minimum absolute atomic E-state index is 0.132. The first-order valence-corrected chi connectivity index (χ1v) is 9.22. The number of piperidine rings is 1. The number of carbonyl (C=O) groups is 1. The SMILES string of the molecule is O=C(c1cn(Cc2ccc(F)cc2Cl)nn1)N1CCCCC1CCCO. The van der Waals surface area contributed by atoms with Crippen LogP contribution in [0.15, 0.2) is 24.4 Å². The Morgan fingerprint density at radius 3 is 3.00 bits per heavy atom. The molecule has 1 aliphatic rings. The number of rotatable bonds is 6. The zero-order chi connectivity index (χ0) is 18.5. The number of aliphatic hydroxyl groups is 1. The van der Waals surface area contributed by atoms with Gasteiger partial charge in [0.2, 0.25) is 0 Å². The van der Waals surface area contributed by atoms with Crippen molar-refractivity contribution in [2.75, 3.05) is 13.2 Å². The highest BCUT2D eigenvalue weighted by molar-refractivity contribution is 6.31. The van der Waals surface area contributed by atoms with E-state index in [0.717, 1.165) is 25.7 Å². The standard InChI is InChI=1S/C18H22ClFN4O2/c19-16-10-14(20)7-6-13(16)11-23-12-17(21-22-23)18(26)24-8-2-1-4-15(24)5-3-9-25/h6-7,10,12,15,25H,1-5,8-9,11H2. The molecule has 2 heterocycles. The van der Waals surface area contributed by atoms with Gasteiger partial charge in [-0.05, 0) is 49.8 Å². The largest absolute Gasteiger partial charge is 0.396 e. The Labute approximate surface area is 156 Å². The number of hydrogen-bond acceptors (Lipinski definition) is 4. The lowest BCUT2D eigenvalue weighted by Crippen LogP contribution is -2.44. The molecule has 1 unspecified atom stereocenters. The van der Waals surface area contributed by atoms with Crippen molar-refractivity contribution in [3.05, 3.63) is 46.5 Å². The molecule has 1 atom stereocenters. The third-order valence-corrected chi connectivity index (χ3v) is 5.04. The van der Waals surface area contributed by atoms with E-state index in [0.29, 0.717) is 35.8 Å². The number of carbonyl (C=O) groups excluding carboxylic acids is 1. The predicted molar refractivity (Wildman–Crippen MR) is 95.5 cm³/mol. The Morgan fingerprint density at radius 2 is 2.23 bits per heavy atom. The number of benzene rings is 1.